The molecule has 0 radical (unpaired) electrons. The summed E-state index contributed by atoms with van der Waals surface area (Å²) < 4.78 is 17.0. The van der Waals surface area contributed by atoms with Crippen LogP contribution in [0.25, 0.3) is 0 Å². The van der Waals surface area contributed by atoms with Crippen LogP contribution < -0.4 is 16.4 Å². The van der Waals surface area contributed by atoms with Gasteiger partial charge in [-0.1, -0.05) is 56.0 Å². The van der Waals surface area contributed by atoms with E-state index in [-0.39, 0.29) is 47.4 Å². The number of ketones is 2. The Balaban J connectivity index is 2.73. The molecule has 1 heterocycles. The van der Waals surface area contributed by atoms with Crippen LogP contribution in [0.5, 0.6) is 0 Å². The topological polar surface area (TPSA) is 171 Å². The quantitative estimate of drug-likeness (QED) is 0.136. The number of methoxy groups -OCH3 is 2. The minimum atomic E-state index is -0.990. The molecule has 0 aromatic rings. The summed E-state index contributed by atoms with van der Waals surface area (Å²) in [6.45, 7) is 12.1. The average molecular weight is 670 g/mol. The molecule has 264 valence electrons. The zero-order valence-corrected chi connectivity index (χ0v) is 29.3. The molecule has 2 bridgehead atoms. The monoisotopic (exact) mass is 669 g/mol. The van der Waals surface area contributed by atoms with Gasteiger partial charge in [-0.15, -0.1) is 0 Å². The zero-order chi connectivity index (χ0) is 36.0. The first kappa shape index (κ1) is 39.8. The number of ether oxygens (including phenoxy) is 3. The highest BCUT2D eigenvalue weighted by Crippen LogP contribution is 2.28. The molecule has 5 atom stereocenters. The summed E-state index contributed by atoms with van der Waals surface area (Å²) in [6, 6.07) is 0. The normalized spacial score (nSPS) is 28.5. The molecular weight excluding hydrogens is 618 g/mol. The molecule has 0 aromatic carbocycles. The SMILES string of the molecule is C=CCO/N=C1/[C@@H](OC)C[C@H](C)CC2=C(NCCN(C)C)C(=O)C=C(NC(=O)/C(C)=C/C=C\[C@H](OC)[C@@H](OC(N)=O)/C(C)=C/[C@@H]1C)C2=O. The molecule has 0 fully saturated rings. The number of nitrogens with two attached hydrogens (primary N) is 1. The summed E-state index contributed by atoms with van der Waals surface area (Å²) in [5.74, 6) is -1.99. The number of hydrogen-bond acceptors (Lipinski definition) is 11. The van der Waals surface area contributed by atoms with E-state index in [0.29, 0.717) is 30.8 Å². The summed E-state index contributed by atoms with van der Waals surface area (Å²) in [5.41, 5.74) is 7.23. The molecule has 13 heteroatoms. The maximum Gasteiger partial charge on any atom is 0.405 e. The molecule has 0 saturated heterocycles. The second-order valence-electron chi connectivity index (χ2n) is 12.2. The number of hydrogen-bond donors (Lipinski definition) is 3. The summed E-state index contributed by atoms with van der Waals surface area (Å²) in [4.78, 5) is 59.8. The molecule has 13 nitrogen and oxygen atoms in total. The number of nitrogens with zero attached hydrogens (tertiary/aromatic N) is 2. The molecule has 1 aliphatic heterocycles. The lowest BCUT2D eigenvalue weighted by atomic mass is 9.85. The molecule has 4 N–H and O–H groups in total. The van der Waals surface area contributed by atoms with Gasteiger partial charge in [-0.2, -0.15) is 0 Å². The predicted molar refractivity (Wildman–Crippen MR) is 184 cm³/mol. The molecule has 0 aromatic heterocycles. The Kier molecular flexibility index (Phi) is 16.2. The Morgan fingerprint density at radius 2 is 1.90 bits per heavy atom. The Morgan fingerprint density at radius 3 is 2.50 bits per heavy atom. The van der Waals surface area contributed by atoms with Crippen molar-refractivity contribution in [2.75, 3.05) is 48.0 Å². The second kappa shape index (κ2) is 19.5. The van der Waals surface area contributed by atoms with Gasteiger partial charge in [0.1, 0.15) is 12.7 Å². The Labute approximate surface area is 283 Å². The first-order valence-corrected chi connectivity index (χ1v) is 15.8. The van der Waals surface area contributed by atoms with Crippen molar-refractivity contribution in [3.05, 3.63) is 71.1 Å². The number of oxime groups is 1. The molecule has 0 unspecified atom stereocenters. The highest BCUT2D eigenvalue weighted by atomic mass is 16.6. The Bertz CT molecular complexity index is 1390. The lowest BCUT2D eigenvalue weighted by molar-refractivity contribution is -0.120. The minimum absolute atomic E-state index is 0.110. The maximum atomic E-state index is 13.9. The lowest BCUT2D eigenvalue weighted by Gasteiger charge is -2.27. The number of primary amides is 1. The Morgan fingerprint density at radius 1 is 1.19 bits per heavy atom. The average Bonchev–Trinajstić information content (AvgIpc) is 3.02. The lowest BCUT2D eigenvalue weighted by Crippen LogP contribution is -2.38. The number of allylic oxidation sites excluding steroid dienone is 5. The van der Waals surface area contributed by atoms with Gasteiger partial charge in [0.2, 0.25) is 11.6 Å². The number of carbonyl (C=O) groups excluding carboxylic acids is 4. The van der Waals surface area contributed by atoms with Gasteiger partial charge in [0.25, 0.3) is 5.91 Å². The van der Waals surface area contributed by atoms with E-state index in [1.54, 1.807) is 39.2 Å². The standard InChI is InChI=1S/C35H51N5O8/c1-10-16-47-39-30-23(4)19-24(5)33(48-35(36)44)28(45-8)13-11-12-22(3)34(43)38-26-20-27(41)31(37-14-15-40(6)7)25(32(26)42)17-21(2)18-29(30)46-9/h10-13,19-21,23,28-29,33,37H,1,14-18H2,2-9H3,(H2,36,44)(H,38,43)/b13-11-,22-12+,24-19+,39-30+/t21-,23+,28+,29+,33+/m1/s1. The first-order valence-electron chi connectivity index (χ1n) is 15.8. The molecule has 48 heavy (non-hydrogen) atoms. The molecular formula is C35H51N5O8. The van der Waals surface area contributed by atoms with Gasteiger partial charge in [0.05, 0.1) is 23.2 Å². The molecule has 2 amide bonds. The van der Waals surface area contributed by atoms with Crippen molar-refractivity contribution in [3.8, 4) is 0 Å². The number of carbonyl (C=O) groups is 4. The van der Waals surface area contributed by atoms with Crippen LogP contribution in [0.2, 0.25) is 0 Å². The van der Waals surface area contributed by atoms with Crippen molar-refractivity contribution in [3.63, 3.8) is 0 Å². The van der Waals surface area contributed by atoms with Crippen molar-refractivity contribution in [2.24, 2.45) is 22.7 Å². The second-order valence-corrected chi connectivity index (χ2v) is 12.2. The smallest absolute Gasteiger partial charge is 0.405 e. The van der Waals surface area contributed by atoms with E-state index in [0.717, 1.165) is 6.08 Å². The summed E-state index contributed by atoms with van der Waals surface area (Å²) in [6.07, 6.45) is 6.66. The summed E-state index contributed by atoms with van der Waals surface area (Å²) in [5, 5.41) is 10.2. The van der Waals surface area contributed by atoms with Crippen LogP contribution in [0.4, 0.5) is 4.79 Å². The number of likely N-dealkylation sites (N-methyl/N-ethyl adjacent to an activating group) is 1. The summed E-state index contributed by atoms with van der Waals surface area (Å²) in [7, 11) is 6.83. The Hall–Kier alpha value is -4.33. The van der Waals surface area contributed by atoms with Gasteiger partial charge in [0.15, 0.2) is 6.10 Å². The predicted octanol–water partition coefficient (Wildman–Crippen LogP) is 3.11. The molecule has 2 rings (SSSR count). The zero-order valence-electron chi connectivity index (χ0n) is 29.3. The van der Waals surface area contributed by atoms with E-state index >= 15 is 0 Å². The number of nitrogens with one attached hydrogen (secondary N) is 2. The molecule has 0 spiro atoms. The minimum Gasteiger partial charge on any atom is -0.439 e. The van der Waals surface area contributed by atoms with Crippen LogP contribution in [-0.4, -0.2) is 101 Å². The summed E-state index contributed by atoms with van der Waals surface area (Å²) >= 11 is 0. The third kappa shape index (κ3) is 11.7. The van der Waals surface area contributed by atoms with Crippen molar-refractivity contribution in [2.45, 2.75) is 58.8 Å². The largest absolute Gasteiger partial charge is 0.439 e. The van der Waals surface area contributed by atoms with Gasteiger partial charge in [-0.05, 0) is 52.3 Å². The van der Waals surface area contributed by atoms with Crippen LogP contribution in [0.1, 0.15) is 40.5 Å². The molecule has 1 aliphatic carbocycles. The van der Waals surface area contributed by atoms with Gasteiger partial charge in [-0.3, -0.25) is 14.4 Å². The van der Waals surface area contributed by atoms with E-state index in [1.165, 1.54) is 13.2 Å². The molecule has 0 saturated carbocycles. The fourth-order valence-corrected chi connectivity index (χ4v) is 5.34. The maximum absolute atomic E-state index is 13.9. The highest BCUT2D eigenvalue weighted by Gasteiger charge is 2.33. The van der Waals surface area contributed by atoms with Crippen LogP contribution in [-0.2, 0) is 33.4 Å². The van der Waals surface area contributed by atoms with Gasteiger partial charge < -0.3 is 40.3 Å². The van der Waals surface area contributed by atoms with Crippen LogP contribution >= 0.6 is 0 Å². The molecule has 2 aliphatic rings. The van der Waals surface area contributed by atoms with E-state index < -0.39 is 41.9 Å². The van der Waals surface area contributed by atoms with Crippen molar-refractivity contribution in [1.82, 2.24) is 15.5 Å². The van der Waals surface area contributed by atoms with Crippen LogP contribution in [0.15, 0.2) is 76.3 Å². The highest BCUT2D eigenvalue weighted by molar-refractivity contribution is 6.23. The number of amides is 2. The number of rotatable bonds is 10. The van der Waals surface area contributed by atoms with E-state index in [1.807, 2.05) is 38.9 Å². The van der Waals surface area contributed by atoms with Gasteiger partial charge >= 0.3 is 6.09 Å². The van der Waals surface area contributed by atoms with E-state index in [9.17, 15) is 19.2 Å². The van der Waals surface area contributed by atoms with Crippen LogP contribution in [0, 0.1) is 11.8 Å². The number of fused-ring (bicyclic) bond motifs is 2. The van der Waals surface area contributed by atoms with Crippen molar-refractivity contribution >= 4 is 29.3 Å². The third-order valence-electron chi connectivity index (χ3n) is 7.84. The number of Topliss-reactive ketones (excluding diaryl/α,β-unsaturated/α-hetero) is 1. The van der Waals surface area contributed by atoms with Crippen molar-refractivity contribution < 1.29 is 38.2 Å². The third-order valence-corrected chi connectivity index (χ3v) is 7.84. The fraction of sp³-hybridized carbons (Fsp3) is 0.514. The van der Waals surface area contributed by atoms with Crippen molar-refractivity contribution in [1.29, 1.82) is 0 Å². The van der Waals surface area contributed by atoms with E-state index in [2.05, 4.69) is 22.4 Å². The first-order chi connectivity index (χ1) is 22.7. The van der Waals surface area contributed by atoms with Crippen LogP contribution in [0.3, 0.4) is 0 Å². The fourth-order valence-electron chi connectivity index (χ4n) is 5.34. The van der Waals surface area contributed by atoms with Gasteiger partial charge in [0, 0.05) is 50.4 Å². The van der Waals surface area contributed by atoms with E-state index in [4.69, 9.17) is 24.8 Å². The van der Waals surface area contributed by atoms with Gasteiger partial charge in [-0.25, -0.2) is 4.79 Å².